The summed E-state index contributed by atoms with van der Waals surface area (Å²) in [7, 11) is 0. The Morgan fingerprint density at radius 2 is 1.79 bits per heavy atom. The van der Waals surface area contributed by atoms with Crippen LogP contribution in [0.4, 0.5) is 0 Å². The fourth-order valence-electron chi connectivity index (χ4n) is 0.590. The van der Waals surface area contributed by atoms with Crippen LogP contribution in [0.2, 0.25) is 0 Å². The number of carboxylic acids is 1. The van der Waals surface area contributed by atoms with Gasteiger partial charge in [-0.3, -0.25) is 14.4 Å². The Balaban J connectivity index is 4.47. The molecular weight excluding hydrogens is 188 g/mol. The molecule has 0 saturated carbocycles. The molecule has 0 aliphatic heterocycles. The number of amides is 2. The molecule has 6 nitrogen and oxygen atoms in total. The molecule has 6 heteroatoms. The third kappa shape index (κ3) is 3.04. The molecule has 1 atom stereocenters. The predicted octanol–water partition coefficient (Wildman–Crippen LogP) is -0.913. The van der Waals surface area contributed by atoms with Crippen LogP contribution in [-0.4, -0.2) is 28.4 Å². The highest BCUT2D eigenvalue weighted by Gasteiger charge is 2.30. The number of carboxylic acid groups (broad SMARTS) is 1. The molecule has 4 N–H and O–H groups in total. The maximum Gasteiger partial charge on any atom is 0.315 e. The fourth-order valence-corrected chi connectivity index (χ4v) is 0.590. The molecule has 0 heterocycles. The van der Waals surface area contributed by atoms with Gasteiger partial charge in [-0.2, -0.15) is 0 Å². The lowest BCUT2D eigenvalue weighted by Gasteiger charge is -2.23. The maximum atomic E-state index is 11.2. The van der Waals surface area contributed by atoms with Crippen molar-refractivity contribution in [1.29, 1.82) is 0 Å². The molecule has 0 spiro atoms. The largest absolute Gasteiger partial charge is 0.481 e. The Morgan fingerprint density at radius 1 is 1.36 bits per heavy atom. The number of primary amides is 1. The van der Waals surface area contributed by atoms with Crippen LogP contribution in [0.25, 0.3) is 0 Å². The van der Waals surface area contributed by atoms with E-state index in [2.05, 4.69) is 5.32 Å². The molecule has 0 aliphatic carbocycles. The SMILES string of the molecule is CC(C(=O)O)C(=O)NC(C)(C)C(N)=O. The standard InChI is InChI=1S/C8H14N2O4/c1-4(6(12)13)5(11)10-8(2,3)7(9)14/h4H,1-3H3,(H2,9,14)(H,10,11)(H,12,13). The minimum atomic E-state index is -1.25. The highest BCUT2D eigenvalue weighted by atomic mass is 16.4. The number of aliphatic carboxylic acids is 1. The van der Waals surface area contributed by atoms with E-state index >= 15 is 0 Å². The monoisotopic (exact) mass is 202 g/mol. The number of carbonyl (C=O) groups is 3. The smallest absolute Gasteiger partial charge is 0.315 e. The molecule has 0 rings (SSSR count). The lowest BCUT2D eigenvalue weighted by molar-refractivity contribution is -0.147. The molecule has 0 bridgehead atoms. The summed E-state index contributed by atoms with van der Waals surface area (Å²) in [5, 5.41) is 10.8. The van der Waals surface area contributed by atoms with Gasteiger partial charge < -0.3 is 16.2 Å². The lowest BCUT2D eigenvalue weighted by atomic mass is 10.0. The van der Waals surface area contributed by atoms with Gasteiger partial charge in [0.05, 0.1) is 0 Å². The minimum Gasteiger partial charge on any atom is -0.481 e. The van der Waals surface area contributed by atoms with Crippen molar-refractivity contribution in [3.63, 3.8) is 0 Å². The summed E-state index contributed by atoms with van der Waals surface area (Å²) in [4.78, 5) is 32.4. The number of nitrogens with one attached hydrogen (secondary N) is 1. The summed E-state index contributed by atoms with van der Waals surface area (Å²) < 4.78 is 0. The number of rotatable bonds is 4. The molecule has 0 aromatic rings. The van der Waals surface area contributed by atoms with Crippen molar-refractivity contribution in [2.75, 3.05) is 0 Å². The van der Waals surface area contributed by atoms with Gasteiger partial charge >= 0.3 is 5.97 Å². The summed E-state index contributed by atoms with van der Waals surface area (Å²) >= 11 is 0. The molecule has 14 heavy (non-hydrogen) atoms. The van der Waals surface area contributed by atoms with Crippen LogP contribution in [0.3, 0.4) is 0 Å². The summed E-state index contributed by atoms with van der Waals surface area (Å²) in [5.74, 6) is -3.90. The van der Waals surface area contributed by atoms with E-state index < -0.39 is 29.2 Å². The van der Waals surface area contributed by atoms with E-state index in [0.717, 1.165) is 0 Å². The van der Waals surface area contributed by atoms with E-state index in [4.69, 9.17) is 10.8 Å². The molecule has 0 aromatic heterocycles. The first-order valence-corrected chi connectivity index (χ1v) is 4.03. The average molecular weight is 202 g/mol. The first-order valence-electron chi connectivity index (χ1n) is 4.03. The Morgan fingerprint density at radius 3 is 2.07 bits per heavy atom. The van der Waals surface area contributed by atoms with E-state index in [0.29, 0.717) is 0 Å². The summed E-state index contributed by atoms with van der Waals surface area (Å²) in [6, 6.07) is 0. The number of hydrogen-bond acceptors (Lipinski definition) is 3. The predicted molar refractivity (Wildman–Crippen MR) is 48.2 cm³/mol. The van der Waals surface area contributed by atoms with Gasteiger partial charge in [-0.25, -0.2) is 0 Å². The second kappa shape index (κ2) is 4.08. The molecule has 80 valence electrons. The highest BCUT2D eigenvalue weighted by molar-refractivity contribution is 5.99. The van der Waals surface area contributed by atoms with E-state index in [-0.39, 0.29) is 0 Å². The second-order valence-corrected chi connectivity index (χ2v) is 3.54. The van der Waals surface area contributed by atoms with Crippen molar-refractivity contribution in [2.45, 2.75) is 26.3 Å². The van der Waals surface area contributed by atoms with Crippen molar-refractivity contribution in [3.8, 4) is 0 Å². The van der Waals surface area contributed by atoms with Crippen LogP contribution in [-0.2, 0) is 14.4 Å². The average Bonchev–Trinajstić information content (AvgIpc) is 2.01. The van der Waals surface area contributed by atoms with Gasteiger partial charge in [0.15, 0.2) is 0 Å². The van der Waals surface area contributed by atoms with Crippen molar-refractivity contribution < 1.29 is 19.5 Å². The van der Waals surface area contributed by atoms with E-state index in [1.54, 1.807) is 0 Å². The van der Waals surface area contributed by atoms with Crippen molar-refractivity contribution >= 4 is 17.8 Å². The molecular formula is C8H14N2O4. The molecule has 0 aliphatic rings. The first-order chi connectivity index (χ1) is 6.18. The van der Waals surface area contributed by atoms with Gasteiger partial charge in [-0.15, -0.1) is 0 Å². The molecule has 0 aromatic carbocycles. The van der Waals surface area contributed by atoms with Gasteiger partial charge in [0, 0.05) is 0 Å². The van der Waals surface area contributed by atoms with Crippen molar-refractivity contribution in [1.82, 2.24) is 5.32 Å². The number of nitrogens with two attached hydrogens (primary N) is 1. The van der Waals surface area contributed by atoms with Gasteiger partial charge in [-0.05, 0) is 20.8 Å². The lowest BCUT2D eigenvalue weighted by Crippen LogP contribution is -2.54. The Kier molecular flexibility index (Phi) is 3.62. The van der Waals surface area contributed by atoms with Gasteiger partial charge in [0.25, 0.3) is 0 Å². The zero-order chi connectivity index (χ0) is 11.5. The summed E-state index contributed by atoms with van der Waals surface area (Å²) in [5.41, 5.74) is 3.76. The van der Waals surface area contributed by atoms with Crippen LogP contribution < -0.4 is 11.1 Å². The Hall–Kier alpha value is -1.59. The van der Waals surface area contributed by atoms with Crippen LogP contribution in [0.15, 0.2) is 0 Å². The molecule has 1 unspecified atom stereocenters. The normalized spacial score (nSPS) is 13.1. The highest BCUT2D eigenvalue weighted by Crippen LogP contribution is 2.03. The van der Waals surface area contributed by atoms with Crippen molar-refractivity contribution in [3.05, 3.63) is 0 Å². The molecule has 0 radical (unpaired) electrons. The number of carbonyl (C=O) groups excluding carboxylic acids is 2. The van der Waals surface area contributed by atoms with Crippen LogP contribution in [0, 0.1) is 5.92 Å². The third-order valence-electron chi connectivity index (χ3n) is 1.82. The van der Waals surface area contributed by atoms with E-state index in [9.17, 15) is 14.4 Å². The summed E-state index contributed by atoms with van der Waals surface area (Å²) in [6.45, 7) is 4.04. The maximum absolute atomic E-state index is 11.2. The zero-order valence-corrected chi connectivity index (χ0v) is 8.33. The first kappa shape index (κ1) is 12.4. The molecule has 2 amide bonds. The molecule has 0 saturated heterocycles. The van der Waals surface area contributed by atoms with Crippen molar-refractivity contribution in [2.24, 2.45) is 11.7 Å². The fraction of sp³-hybridized carbons (Fsp3) is 0.625. The van der Waals surface area contributed by atoms with Gasteiger partial charge in [0.1, 0.15) is 11.5 Å². The zero-order valence-electron chi connectivity index (χ0n) is 8.33. The minimum absolute atomic E-state index is 0.719. The topological polar surface area (TPSA) is 109 Å². The quantitative estimate of drug-likeness (QED) is 0.512. The van der Waals surface area contributed by atoms with E-state index in [1.165, 1.54) is 20.8 Å². The van der Waals surface area contributed by atoms with Crippen LogP contribution >= 0.6 is 0 Å². The van der Waals surface area contributed by atoms with Crippen LogP contribution in [0.1, 0.15) is 20.8 Å². The summed E-state index contributed by atoms with van der Waals surface area (Å²) in [6.07, 6.45) is 0. The Labute approximate surface area is 81.5 Å². The van der Waals surface area contributed by atoms with Crippen LogP contribution in [0.5, 0.6) is 0 Å². The van der Waals surface area contributed by atoms with Gasteiger partial charge in [-0.1, -0.05) is 0 Å². The number of hydrogen-bond donors (Lipinski definition) is 3. The van der Waals surface area contributed by atoms with E-state index in [1.807, 2.05) is 0 Å². The second-order valence-electron chi connectivity index (χ2n) is 3.54. The third-order valence-corrected chi connectivity index (χ3v) is 1.82. The van der Waals surface area contributed by atoms with Gasteiger partial charge in [0.2, 0.25) is 11.8 Å². The molecule has 0 fully saturated rings. The Bertz CT molecular complexity index is 273.